The van der Waals surface area contributed by atoms with Crippen molar-refractivity contribution in [3.8, 4) is 0 Å². The number of benzene rings is 3. The number of alkyl halides is 3. The topological polar surface area (TPSA) is 77.4 Å². The molecule has 1 N–H and O–H groups in total. The second-order valence-electron chi connectivity index (χ2n) is 6.72. The lowest BCUT2D eigenvalue weighted by molar-refractivity contribution is -0.243. The van der Waals surface area contributed by atoms with E-state index in [2.05, 4.69) is 91.0 Å². The van der Waals surface area contributed by atoms with Crippen LogP contribution in [0.5, 0.6) is 0 Å². The number of hydrogen-bond donors (Lipinski definition) is 1. The van der Waals surface area contributed by atoms with E-state index in [1.807, 2.05) is 0 Å². The number of aliphatic hydroxyl groups is 1. The van der Waals surface area contributed by atoms with Gasteiger partial charge in [0.25, 0.3) is 0 Å². The zero-order valence-corrected chi connectivity index (χ0v) is 18.1. The normalized spacial score (nSPS) is 13.8. The largest absolute Gasteiger partial charge is 0.748 e. The molecule has 0 saturated heterocycles. The zero-order chi connectivity index (χ0) is 23.1. The van der Waals surface area contributed by atoms with Crippen LogP contribution in [0, 0.1) is 0 Å². The van der Waals surface area contributed by atoms with E-state index in [1.165, 1.54) is 14.7 Å². The fraction of sp³-hybridized carbons (Fsp3) is 0.182. The van der Waals surface area contributed by atoms with Gasteiger partial charge in [0.15, 0.2) is 20.3 Å². The molecule has 3 aromatic carbocycles. The minimum atomic E-state index is -5.12. The molecule has 0 saturated carbocycles. The highest BCUT2D eigenvalue weighted by atomic mass is 32.2. The Bertz CT molecular complexity index is 946. The van der Waals surface area contributed by atoms with Crippen molar-refractivity contribution in [3.63, 3.8) is 0 Å². The Kier molecular flexibility index (Phi) is 8.30. The molecule has 0 aliphatic heterocycles. The van der Waals surface area contributed by atoms with E-state index in [9.17, 15) is 26.1 Å². The van der Waals surface area contributed by atoms with Crippen LogP contribution in [0.2, 0.25) is 0 Å². The van der Waals surface area contributed by atoms with Crippen LogP contribution >= 0.6 is 0 Å². The minimum absolute atomic E-state index is 0.0146. The van der Waals surface area contributed by atoms with E-state index in [0.29, 0.717) is 0 Å². The fourth-order valence-corrected chi connectivity index (χ4v) is 5.46. The average molecular weight is 471 g/mol. The molecule has 3 rings (SSSR count). The first-order valence-electron chi connectivity index (χ1n) is 9.03. The van der Waals surface area contributed by atoms with Crippen molar-refractivity contribution in [1.82, 2.24) is 0 Å². The highest BCUT2D eigenvalue weighted by molar-refractivity contribution is 7.97. The molecule has 0 fully saturated rings. The van der Waals surface area contributed by atoms with Gasteiger partial charge in [0.1, 0.15) is 0 Å². The molecule has 0 aliphatic rings. The smallest absolute Gasteiger partial charge is 0.417 e. The fourth-order valence-electron chi connectivity index (χ4n) is 2.50. The van der Waals surface area contributed by atoms with Crippen LogP contribution in [0.15, 0.2) is 106 Å². The number of hydrogen-bond acceptors (Lipinski definition) is 4. The number of halogens is 3. The lowest BCUT2D eigenvalue weighted by Gasteiger charge is -2.26. The highest BCUT2D eigenvalue weighted by Crippen LogP contribution is 2.31. The Morgan fingerprint density at radius 3 is 1.26 bits per heavy atom. The molecule has 1 atom stereocenters. The molecular formula is C22H21F3O4S2. The van der Waals surface area contributed by atoms with Crippen molar-refractivity contribution in [1.29, 1.82) is 0 Å². The van der Waals surface area contributed by atoms with E-state index < -0.39 is 27.6 Å². The van der Waals surface area contributed by atoms with Crippen LogP contribution in [0.3, 0.4) is 0 Å². The average Bonchev–Trinajstić information content (AvgIpc) is 2.69. The Balaban J connectivity index is 0.000000248. The quantitative estimate of drug-likeness (QED) is 0.436. The van der Waals surface area contributed by atoms with Crippen molar-refractivity contribution < 1.29 is 31.2 Å². The van der Waals surface area contributed by atoms with Crippen LogP contribution in [0.25, 0.3) is 0 Å². The molecule has 0 bridgehead atoms. The third-order valence-corrected chi connectivity index (χ3v) is 7.15. The van der Waals surface area contributed by atoms with Crippen molar-refractivity contribution in [2.75, 3.05) is 5.75 Å². The second kappa shape index (κ2) is 10.3. The van der Waals surface area contributed by atoms with Gasteiger partial charge in [0, 0.05) is 0 Å². The SMILES string of the molecule is CC(O)(CS(=O)(=O)[O-])C(F)(F)F.c1ccc([S+](c2ccccc2)c2ccccc2)cc1. The van der Waals surface area contributed by atoms with E-state index in [1.54, 1.807) is 0 Å². The first-order valence-corrected chi connectivity index (χ1v) is 11.8. The molecule has 166 valence electrons. The number of rotatable bonds is 5. The summed E-state index contributed by atoms with van der Waals surface area (Å²) in [6, 6.07) is 32.2. The van der Waals surface area contributed by atoms with Crippen LogP contribution in [0.1, 0.15) is 6.92 Å². The van der Waals surface area contributed by atoms with E-state index >= 15 is 0 Å². The summed E-state index contributed by atoms with van der Waals surface area (Å²) in [5, 5.41) is 8.48. The summed E-state index contributed by atoms with van der Waals surface area (Å²) in [4.78, 5) is 4.08. The third kappa shape index (κ3) is 7.70. The van der Waals surface area contributed by atoms with E-state index in [4.69, 9.17) is 5.11 Å². The first-order chi connectivity index (χ1) is 14.4. The van der Waals surface area contributed by atoms with Crippen LogP contribution < -0.4 is 0 Å². The Morgan fingerprint density at radius 1 is 0.774 bits per heavy atom. The zero-order valence-electron chi connectivity index (χ0n) is 16.5. The maximum atomic E-state index is 11.7. The molecule has 31 heavy (non-hydrogen) atoms. The van der Waals surface area contributed by atoms with Gasteiger partial charge in [-0.1, -0.05) is 54.6 Å². The van der Waals surface area contributed by atoms with Gasteiger partial charge in [0.2, 0.25) is 0 Å². The van der Waals surface area contributed by atoms with E-state index in [0.717, 1.165) is 0 Å². The molecule has 0 spiro atoms. The summed E-state index contributed by atoms with van der Waals surface area (Å²) in [7, 11) is -5.10. The Hall–Kier alpha value is -2.33. The highest BCUT2D eigenvalue weighted by Gasteiger charge is 2.50. The minimum Gasteiger partial charge on any atom is -0.748 e. The molecule has 1 unspecified atom stereocenters. The maximum Gasteiger partial charge on any atom is 0.417 e. The standard InChI is InChI=1S/C18H15S.C4H7F3O4S/c1-4-10-16(11-5-1)19(17-12-6-2-7-13-17)18-14-8-3-9-15-18;1-3(8,4(5,6)7)2-12(9,10)11/h1-15H;8H,2H2,1H3,(H,9,10,11)/q+1;/p-1. The van der Waals surface area contributed by atoms with Crippen LogP contribution in [-0.4, -0.2) is 35.6 Å². The Morgan fingerprint density at radius 2 is 1.06 bits per heavy atom. The van der Waals surface area contributed by atoms with Crippen molar-refractivity contribution in [2.45, 2.75) is 33.4 Å². The van der Waals surface area contributed by atoms with Gasteiger partial charge in [0.05, 0.1) is 26.8 Å². The van der Waals surface area contributed by atoms with Gasteiger partial charge in [-0.2, -0.15) is 13.2 Å². The lowest BCUT2D eigenvalue weighted by Crippen LogP contribution is -2.47. The van der Waals surface area contributed by atoms with Gasteiger partial charge in [-0.05, 0) is 43.3 Å². The predicted molar refractivity (Wildman–Crippen MR) is 113 cm³/mol. The van der Waals surface area contributed by atoms with Crippen molar-refractivity contribution in [2.24, 2.45) is 0 Å². The van der Waals surface area contributed by atoms with Crippen molar-refractivity contribution in [3.05, 3.63) is 91.0 Å². The monoisotopic (exact) mass is 470 g/mol. The molecule has 9 heteroatoms. The Labute approximate surface area is 182 Å². The summed E-state index contributed by atoms with van der Waals surface area (Å²) >= 11 is 0. The van der Waals surface area contributed by atoms with Crippen LogP contribution in [0.4, 0.5) is 13.2 Å². The van der Waals surface area contributed by atoms with Gasteiger partial charge >= 0.3 is 6.18 Å². The van der Waals surface area contributed by atoms with Crippen molar-refractivity contribution >= 4 is 21.0 Å². The lowest BCUT2D eigenvalue weighted by atomic mass is 10.1. The summed E-state index contributed by atoms with van der Waals surface area (Å²) in [5.41, 5.74) is -3.48. The maximum absolute atomic E-state index is 11.7. The molecule has 3 aromatic rings. The van der Waals surface area contributed by atoms with Gasteiger partial charge in [-0.25, -0.2) is 8.42 Å². The molecule has 0 radical (unpaired) electrons. The third-order valence-electron chi connectivity index (χ3n) is 4.01. The molecule has 4 nitrogen and oxygen atoms in total. The van der Waals surface area contributed by atoms with Gasteiger partial charge in [-0.3, -0.25) is 0 Å². The summed E-state index contributed by atoms with van der Waals surface area (Å²) in [6.45, 7) is 0.225. The van der Waals surface area contributed by atoms with Gasteiger partial charge < -0.3 is 9.66 Å². The van der Waals surface area contributed by atoms with Gasteiger partial charge in [-0.15, -0.1) is 0 Å². The molecule has 0 aromatic heterocycles. The van der Waals surface area contributed by atoms with E-state index in [-0.39, 0.29) is 17.8 Å². The summed E-state index contributed by atoms with van der Waals surface area (Å²) in [6.07, 6.45) is -5.12. The van der Waals surface area contributed by atoms with Crippen LogP contribution in [-0.2, 0) is 21.0 Å². The molecule has 0 aliphatic carbocycles. The molecular weight excluding hydrogens is 449 g/mol. The molecule has 0 heterocycles. The summed E-state index contributed by atoms with van der Waals surface area (Å²) in [5.74, 6) is -1.87. The molecule has 0 amide bonds. The summed E-state index contributed by atoms with van der Waals surface area (Å²) < 4.78 is 64.8. The second-order valence-corrected chi connectivity index (χ2v) is 10.1. The first kappa shape index (κ1) is 24.9. The predicted octanol–water partition coefficient (Wildman–Crippen LogP) is 4.63.